The highest BCUT2D eigenvalue weighted by Crippen LogP contribution is 2.08. The van der Waals surface area contributed by atoms with Crippen LogP contribution in [0.2, 0.25) is 0 Å². The second-order valence-corrected chi connectivity index (χ2v) is 3.69. The Bertz CT molecular complexity index is 554. The first-order valence-electron chi connectivity index (χ1n) is 5.33. The maximum absolute atomic E-state index is 13.2. The van der Waals surface area contributed by atoms with Crippen molar-refractivity contribution >= 4 is 11.8 Å². The summed E-state index contributed by atoms with van der Waals surface area (Å²) in [6.07, 6.45) is 1.57. The average molecular weight is 249 g/mol. The smallest absolute Gasteiger partial charge is 0.328 e. The van der Waals surface area contributed by atoms with Gasteiger partial charge in [-0.15, -0.1) is 0 Å². The van der Waals surface area contributed by atoms with Crippen LogP contribution < -0.4 is 5.73 Å². The predicted octanol–water partition coefficient (Wildman–Crippen LogP) is 1.35. The molecule has 1 heterocycles. The summed E-state index contributed by atoms with van der Waals surface area (Å²) in [5.74, 6) is -0.563. The average Bonchev–Trinajstić information content (AvgIpc) is 2.74. The minimum atomic E-state index is -0.499. The van der Waals surface area contributed by atoms with Crippen LogP contribution in [-0.4, -0.2) is 15.7 Å². The van der Waals surface area contributed by atoms with Crippen molar-refractivity contribution in [2.75, 3.05) is 5.73 Å². The summed E-state index contributed by atoms with van der Waals surface area (Å²) in [6.45, 7) is -0.145. The number of benzene rings is 1. The molecular formula is C12H12FN3O2. The maximum Gasteiger partial charge on any atom is 0.328 e. The van der Waals surface area contributed by atoms with E-state index < -0.39 is 11.8 Å². The van der Waals surface area contributed by atoms with Gasteiger partial charge in [-0.05, 0) is 12.1 Å². The predicted molar refractivity (Wildman–Crippen MR) is 62.8 cm³/mol. The van der Waals surface area contributed by atoms with Crippen LogP contribution in [0.1, 0.15) is 5.56 Å². The largest absolute Gasteiger partial charge is 0.459 e. The van der Waals surface area contributed by atoms with Crippen molar-refractivity contribution in [2.45, 2.75) is 13.2 Å². The lowest BCUT2D eigenvalue weighted by Crippen LogP contribution is -2.14. The summed E-state index contributed by atoms with van der Waals surface area (Å²) in [7, 11) is 0. The van der Waals surface area contributed by atoms with Crippen molar-refractivity contribution in [3.63, 3.8) is 0 Å². The molecule has 2 N–H and O–H groups in total. The molecule has 2 aromatic rings. The highest BCUT2D eigenvalue weighted by molar-refractivity contribution is 5.69. The Morgan fingerprint density at radius 3 is 2.83 bits per heavy atom. The molecule has 1 aromatic heterocycles. The first-order chi connectivity index (χ1) is 8.65. The van der Waals surface area contributed by atoms with Gasteiger partial charge in [0.2, 0.25) is 0 Å². The van der Waals surface area contributed by atoms with Crippen LogP contribution >= 0.6 is 0 Å². The van der Waals surface area contributed by atoms with Gasteiger partial charge < -0.3 is 10.5 Å². The van der Waals surface area contributed by atoms with E-state index in [1.165, 1.54) is 10.7 Å². The third-order valence-electron chi connectivity index (χ3n) is 2.30. The maximum atomic E-state index is 13.2. The monoisotopic (exact) mass is 249 g/mol. The Morgan fingerprint density at radius 2 is 2.17 bits per heavy atom. The number of ether oxygens (including phenoxy) is 1. The van der Waals surface area contributed by atoms with E-state index in [0.717, 1.165) is 0 Å². The first kappa shape index (κ1) is 12.1. The van der Waals surface area contributed by atoms with Crippen LogP contribution in [0.5, 0.6) is 0 Å². The molecule has 1 aromatic carbocycles. The van der Waals surface area contributed by atoms with Gasteiger partial charge in [0.1, 0.15) is 24.8 Å². The number of hydrogen-bond acceptors (Lipinski definition) is 4. The van der Waals surface area contributed by atoms with Crippen LogP contribution in [0.25, 0.3) is 0 Å². The molecule has 94 valence electrons. The molecule has 6 heteroatoms. The standard InChI is InChI=1S/C12H12FN3O2/c13-10-4-2-1-3-9(10)8-18-12(17)7-16-6-5-11(14)15-16/h1-6H,7-8H2,(H2,14,15). The second kappa shape index (κ2) is 5.31. The van der Waals surface area contributed by atoms with E-state index in [9.17, 15) is 9.18 Å². The zero-order valence-corrected chi connectivity index (χ0v) is 9.54. The number of hydrogen-bond donors (Lipinski definition) is 1. The first-order valence-corrected chi connectivity index (χ1v) is 5.33. The van der Waals surface area contributed by atoms with E-state index in [-0.39, 0.29) is 13.2 Å². The summed E-state index contributed by atoms with van der Waals surface area (Å²) in [4.78, 5) is 11.5. The van der Waals surface area contributed by atoms with Gasteiger partial charge in [0.25, 0.3) is 0 Å². The Balaban J connectivity index is 1.87. The molecule has 0 unspecified atom stereocenters. The number of carbonyl (C=O) groups excluding carboxylic acids is 1. The van der Waals surface area contributed by atoms with Gasteiger partial charge in [-0.1, -0.05) is 18.2 Å². The van der Waals surface area contributed by atoms with Gasteiger partial charge >= 0.3 is 5.97 Å². The van der Waals surface area contributed by atoms with Crippen LogP contribution in [0.3, 0.4) is 0 Å². The zero-order chi connectivity index (χ0) is 13.0. The van der Waals surface area contributed by atoms with E-state index in [0.29, 0.717) is 11.4 Å². The lowest BCUT2D eigenvalue weighted by Gasteiger charge is -2.05. The number of carbonyl (C=O) groups is 1. The van der Waals surface area contributed by atoms with Crippen molar-refractivity contribution in [1.82, 2.24) is 9.78 Å². The Labute approximate surface area is 103 Å². The van der Waals surface area contributed by atoms with Crippen LogP contribution in [-0.2, 0) is 22.7 Å². The van der Waals surface area contributed by atoms with Gasteiger partial charge in [-0.3, -0.25) is 9.48 Å². The van der Waals surface area contributed by atoms with Crippen molar-refractivity contribution in [2.24, 2.45) is 0 Å². The molecule has 0 aliphatic carbocycles. The Hall–Kier alpha value is -2.37. The zero-order valence-electron chi connectivity index (χ0n) is 9.54. The highest BCUT2D eigenvalue weighted by atomic mass is 19.1. The minimum Gasteiger partial charge on any atom is -0.459 e. The van der Waals surface area contributed by atoms with E-state index in [4.69, 9.17) is 10.5 Å². The van der Waals surface area contributed by atoms with Crippen molar-refractivity contribution in [3.05, 3.63) is 47.9 Å². The van der Waals surface area contributed by atoms with Crippen molar-refractivity contribution < 1.29 is 13.9 Å². The van der Waals surface area contributed by atoms with E-state index >= 15 is 0 Å². The van der Waals surface area contributed by atoms with Gasteiger partial charge in [-0.25, -0.2) is 4.39 Å². The fraction of sp³-hybridized carbons (Fsp3) is 0.167. The van der Waals surface area contributed by atoms with Crippen LogP contribution in [0.15, 0.2) is 36.5 Å². The second-order valence-electron chi connectivity index (χ2n) is 3.69. The fourth-order valence-electron chi connectivity index (χ4n) is 1.42. The summed E-state index contributed by atoms with van der Waals surface area (Å²) in [5, 5.41) is 3.84. The molecule has 0 saturated carbocycles. The molecule has 18 heavy (non-hydrogen) atoms. The minimum absolute atomic E-state index is 0.0499. The van der Waals surface area contributed by atoms with Crippen LogP contribution in [0.4, 0.5) is 10.2 Å². The number of nitrogen functional groups attached to an aromatic ring is 1. The SMILES string of the molecule is Nc1ccn(CC(=O)OCc2ccccc2F)n1. The summed E-state index contributed by atoms with van der Waals surface area (Å²) < 4.78 is 19.5. The molecule has 0 amide bonds. The van der Waals surface area contributed by atoms with Gasteiger partial charge in [-0.2, -0.15) is 5.10 Å². The number of nitrogens with zero attached hydrogens (tertiary/aromatic N) is 2. The lowest BCUT2D eigenvalue weighted by molar-refractivity contribution is -0.145. The van der Waals surface area contributed by atoms with Gasteiger partial charge in [0.15, 0.2) is 0 Å². The molecule has 0 saturated heterocycles. The molecule has 0 radical (unpaired) electrons. The van der Waals surface area contributed by atoms with Crippen LogP contribution in [0, 0.1) is 5.82 Å². The molecule has 0 aliphatic heterocycles. The van der Waals surface area contributed by atoms with E-state index in [1.807, 2.05) is 0 Å². The molecule has 0 spiro atoms. The molecule has 5 nitrogen and oxygen atoms in total. The Morgan fingerprint density at radius 1 is 1.39 bits per heavy atom. The van der Waals surface area contributed by atoms with E-state index in [1.54, 1.807) is 30.5 Å². The molecule has 0 fully saturated rings. The number of rotatable bonds is 4. The number of esters is 1. The van der Waals surface area contributed by atoms with Crippen molar-refractivity contribution in [1.29, 1.82) is 0 Å². The highest BCUT2D eigenvalue weighted by Gasteiger charge is 2.07. The number of nitrogens with two attached hydrogens (primary N) is 1. The molecule has 0 aliphatic rings. The number of anilines is 1. The summed E-state index contributed by atoms with van der Waals surface area (Å²) in [6, 6.07) is 7.71. The van der Waals surface area contributed by atoms with Gasteiger partial charge in [0, 0.05) is 11.8 Å². The summed E-state index contributed by atoms with van der Waals surface area (Å²) in [5.41, 5.74) is 5.74. The normalized spacial score (nSPS) is 10.3. The lowest BCUT2D eigenvalue weighted by atomic mass is 10.2. The topological polar surface area (TPSA) is 70.1 Å². The molecule has 2 rings (SSSR count). The quantitative estimate of drug-likeness (QED) is 0.830. The third kappa shape index (κ3) is 3.07. The van der Waals surface area contributed by atoms with Gasteiger partial charge in [0.05, 0.1) is 0 Å². The van der Waals surface area contributed by atoms with Crippen molar-refractivity contribution in [3.8, 4) is 0 Å². The number of aromatic nitrogens is 2. The fourth-order valence-corrected chi connectivity index (χ4v) is 1.42. The molecule has 0 atom stereocenters. The number of halogens is 1. The third-order valence-corrected chi connectivity index (χ3v) is 2.30. The Kier molecular flexibility index (Phi) is 3.57. The summed E-state index contributed by atoms with van der Waals surface area (Å²) >= 11 is 0. The molecule has 0 bridgehead atoms. The molecular weight excluding hydrogens is 237 g/mol. The van der Waals surface area contributed by atoms with E-state index in [2.05, 4.69) is 5.10 Å².